The Bertz CT molecular complexity index is 449. The van der Waals surface area contributed by atoms with Crippen LogP contribution in [0, 0.1) is 0 Å². The molecule has 3 aliphatic rings. The topological polar surface area (TPSA) is 71.6 Å². The van der Waals surface area contributed by atoms with Gasteiger partial charge in [0.1, 0.15) is 0 Å². The number of piperazine rings is 1. The quantitative estimate of drug-likeness (QED) is 0.726. The third-order valence-corrected chi connectivity index (χ3v) is 4.95. The Balaban J connectivity index is 1.39. The molecular formula is C16H27N3O5. The maximum Gasteiger partial charge on any atom is 0.409 e. The standard InChI is InChI=1S/C16H27N3O5/c1-2-22-15(21)19-9-7-17(8-10-19)13-14(20)18-5-3-16(4-6-18)23-11-12-24-16/h2-13H2,1H3. The van der Waals surface area contributed by atoms with Crippen LogP contribution in [0.4, 0.5) is 4.79 Å². The van der Waals surface area contributed by atoms with Gasteiger partial charge in [0, 0.05) is 52.1 Å². The van der Waals surface area contributed by atoms with Crippen LogP contribution in [0.2, 0.25) is 0 Å². The highest BCUT2D eigenvalue weighted by molar-refractivity contribution is 5.78. The van der Waals surface area contributed by atoms with Crippen molar-refractivity contribution in [2.24, 2.45) is 0 Å². The van der Waals surface area contributed by atoms with Crippen LogP contribution in [0.1, 0.15) is 19.8 Å². The van der Waals surface area contributed by atoms with Crippen LogP contribution >= 0.6 is 0 Å². The maximum absolute atomic E-state index is 12.5. The number of rotatable bonds is 3. The number of nitrogens with zero attached hydrogens (tertiary/aromatic N) is 3. The third kappa shape index (κ3) is 3.99. The Morgan fingerprint density at radius 3 is 2.17 bits per heavy atom. The van der Waals surface area contributed by atoms with Gasteiger partial charge in [-0.15, -0.1) is 0 Å². The lowest BCUT2D eigenvalue weighted by molar-refractivity contribution is -0.187. The molecule has 0 N–H and O–H groups in total. The summed E-state index contributed by atoms with van der Waals surface area (Å²) < 4.78 is 16.4. The van der Waals surface area contributed by atoms with Gasteiger partial charge < -0.3 is 24.0 Å². The summed E-state index contributed by atoms with van der Waals surface area (Å²) in [6.45, 7) is 7.89. The highest BCUT2D eigenvalue weighted by Crippen LogP contribution is 2.31. The fraction of sp³-hybridized carbons (Fsp3) is 0.875. The zero-order chi connectivity index (χ0) is 17.0. The molecule has 3 saturated heterocycles. The lowest BCUT2D eigenvalue weighted by Gasteiger charge is -2.39. The molecule has 24 heavy (non-hydrogen) atoms. The predicted octanol–water partition coefficient (Wildman–Crippen LogP) is 0.126. The second-order valence-electron chi connectivity index (χ2n) is 6.45. The van der Waals surface area contributed by atoms with E-state index in [1.54, 1.807) is 11.8 Å². The van der Waals surface area contributed by atoms with Crippen LogP contribution in [0.25, 0.3) is 0 Å². The van der Waals surface area contributed by atoms with Crippen molar-refractivity contribution in [3.8, 4) is 0 Å². The van der Waals surface area contributed by atoms with E-state index in [1.165, 1.54) is 0 Å². The first-order valence-electron chi connectivity index (χ1n) is 8.82. The van der Waals surface area contributed by atoms with Gasteiger partial charge in [-0.25, -0.2) is 4.79 Å². The molecule has 8 heteroatoms. The van der Waals surface area contributed by atoms with Gasteiger partial charge in [-0.2, -0.15) is 0 Å². The highest BCUT2D eigenvalue weighted by atomic mass is 16.7. The smallest absolute Gasteiger partial charge is 0.409 e. The molecule has 136 valence electrons. The molecule has 3 rings (SSSR count). The molecule has 0 aromatic rings. The molecule has 3 heterocycles. The van der Waals surface area contributed by atoms with Crippen LogP contribution in [0.5, 0.6) is 0 Å². The first-order valence-corrected chi connectivity index (χ1v) is 8.82. The molecule has 8 nitrogen and oxygen atoms in total. The lowest BCUT2D eigenvalue weighted by Crippen LogP contribution is -2.53. The first kappa shape index (κ1) is 17.4. The van der Waals surface area contributed by atoms with E-state index in [2.05, 4.69) is 4.90 Å². The number of ether oxygens (including phenoxy) is 3. The molecule has 2 amide bonds. The summed E-state index contributed by atoms with van der Waals surface area (Å²) >= 11 is 0. The van der Waals surface area contributed by atoms with Crippen molar-refractivity contribution < 1.29 is 23.8 Å². The number of amides is 2. The van der Waals surface area contributed by atoms with E-state index >= 15 is 0 Å². The molecule has 0 aromatic heterocycles. The fourth-order valence-corrected chi connectivity index (χ4v) is 3.48. The van der Waals surface area contributed by atoms with E-state index in [0.717, 1.165) is 12.8 Å². The predicted molar refractivity (Wildman–Crippen MR) is 85.5 cm³/mol. The van der Waals surface area contributed by atoms with Gasteiger partial charge >= 0.3 is 6.09 Å². The Hall–Kier alpha value is -1.38. The van der Waals surface area contributed by atoms with Gasteiger partial charge in [-0.05, 0) is 6.92 Å². The normalized spacial score (nSPS) is 24.4. The van der Waals surface area contributed by atoms with Crippen molar-refractivity contribution in [3.05, 3.63) is 0 Å². The van der Waals surface area contributed by atoms with E-state index < -0.39 is 5.79 Å². The zero-order valence-corrected chi connectivity index (χ0v) is 14.4. The molecule has 0 saturated carbocycles. The van der Waals surface area contributed by atoms with E-state index in [1.807, 2.05) is 4.90 Å². The summed E-state index contributed by atoms with van der Waals surface area (Å²) in [5.74, 6) is -0.297. The summed E-state index contributed by atoms with van der Waals surface area (Å²) in [7, 11) is 0. The number of hydrogen-bond donors (Lipinski definition) is 0. The maximum atomic E-state index is 12.5. The van der Waals surface area contributed by atoms with E-state index in [-0.39, 0.29) is 12.0 Å². The molecule has 1 spiro atoms. The van der Waals surface area contributed by atoms with Crippen molar-refractivity contribution in [3.63, 3.8) is 0 Å². The lowest BCUT2D eigenvalue weighted by atomic mass is 10.0. The van der Waals surface area contributed by atoms with Gasteiger partial charge in [0.25, 0.3) is 0 Å². The fourth-order valence-electron chi connectivity index (χ4n) is 3.48. The van der Waals surface area contributed by atoms with Crippen molar-refractivity contribution in [1.29, 1.82) is 0 Å². The summed E-state index contributed by atoms with van der Waals surface area (Å²) in [6, 6.07) is 0. The minimum atomic E-state index is -0.442. The Morgan fingerprint density at radius 2 is 1.58 bits per heavy atom. The minimum absolute atomic E-state index is 0.146. The van der Waals surface area contributed by atoms with E-state index in [9.17, 15) is 9.59 Å². The molecule has 0 unspecified atom stereocenters. The second-order valence-corrected chi connectivity index (χ2v) is 6.45. The van der Waals surface area contributed by atoms with Crippen LogP contribution < -0.4 is 0 Å². The van der Waals surface area contributed by atoms with Gasteiger partial charge in [0.2, 0.25) is 5.91 Å². The Labute approximate surface area is 142 Å². The SMILES string of the molecule is CCOC(=O)N1CCN(CC(=O)N2CCC3(CC2)OCCO3)CC1. The molecule has 3 fully saturated rings. The van der Waals surface area contributed by atoms with Crippen LogP contribution in [0.15, 0.2) is 0 Å². The largest absolute Gasteiger partial charge is 0.450 e. The average molecular weight is 341 g/mol. The Kier molecular flexibility index (Phi) is 5.57. The second kappa shape index (κ2) is 7.67. The first-order chi connectivity index (χ1) is 11.6. The molecule has 0 bridgehead atoms. The molecule has 3 aliphatic heterocycles. The molecular weight excluding hydrogens is 314 g/mol. The summed E-state index contributed by atoms with van der Waals surface area (Å²) in [5.41, 5.74) is 0. The van der Waals surface area contributed by atoms with Crippen molar-refractivity contribution in [2.75, 3.05) is 65.6 Å². The van der Waals surface area contributed by atoms with Gasteiger partial charge in [0.05, 0.1) is 26.4 Å². The number of carbonyl (C=O) groups is 2. The number of piperidine rings is 1. The molecule has 0 radical (unpaired) electrons. The van der Waals surface area contributed by atoms with Crippen molar-refractivity contribution >= 4 is 12.0 Å². The monoisotopic (exact) mass is 341 g/mol. The van der Waals surface area contributed by atoms with Crippen molar-refractivity contribution in [2.45, 2.75) is 25.6 Å². The minimum Gasteiger partial charge on any atom is -0.450 e. The Morgan fingerprint density at radius 1 is 0.958 bits per heavy atom. The van der Waals surface area contributed by atoms with Gasteiger partial charge in [-0.3, -0.25) is 9.69 Å². The molecule has 0 atom stereocenters. The van der Waals surface area contributed by atoms with E-state index in [0.29, 0.717) is 65.6 Å². The van der Waals surface area contributed by atoms with Crippen LogP contribution in [-0.4, -0.2) is 98.1 Å². The molecule has 0 aliphatic carbocycles. The summed E-state index contributed by atoms with van der Waals surface area (Å²) in [6.07, 6.45) is 1.23. The van der Waals surface area contributed by atoms with Crippen molar-refractivity contribution in [1.82, 2.24) is 14.7 Å². The third-order valence-electron chi connectivity index (χ3n) is 4.95. The number of likely N-dealkylation sites (tertiary alicyclic amines) is 1. The average Bonchev–Trinajstić information content (AvgIpc) is 3.04. The van der Waals surface area contributed by atoms with Crippen LogP contribution in [0.3, 0.4) is 0 Å². The van der Waals surface area contributed by atoms with E-state index in [4.69, 9.17) is 14.2 Å². The highest BCUT2D eigenvalue weighted by Gasteiger charge is 2.40. The zero-order valence-electron chi connectivity index (χ0n) is 14.4. The van der Waals surface area contributed by atoms with Gasteiger partial charge in [0.15, 0.2) is 5.79 Å². The number of hydrogen-bond acceptors (Lipinski definition) is 6. The summed E-state index contributed by atoms with van der Waals surface area (Å²) in [5, 5.41) is 0. The van der Waals surface area contributed by atoms with Gasteiger partial charge in [-0.1, -0.05) is 0 Å². The number of carbonyl (C=O) groups excluding carboxylic acids is 2. The molecule has 0 aromatic carbocycles. The van der Waals surface area contributed by atoms with Crippen LogP contribution in [-0.2, 0) is 19.0 Å². The summed E-state index contributed by atoms with van der Waals surface area (Å²) in [4.78, 5) is 29.9.